The second-order valence-electron chi connectivity index (χ2n) is 9.89. The van der Waals surface area contributed by atoms with E-state index < -0.39 is 40.0 Å². The lowest BCUT2D eigenvalue weighted by Gasteiger charge is -2.37. The van der Waals surface area contributed by atoms with Crippen molar-refractivity contribution in [2.75, 3.05) is 18.8 Å². The molecule has 2 heterocycles. The first kappa shape index (κ1) is 28.1. The summed E-state index contributed by atoms with van der Waals surface area (Å²) in [5, 5.41) is 2.75. The summed E-state index contributed by atoms with van der Waals surface area (Å²) in [6.07, 6.45) is -2.26. The lowest BCUT2D eigenvalue weighted by Crippen LogP contribution is -2.53. The Morgan fingerprint density at radius 2 is 1.98 bits per heavy atom. The molecule has 7 N–H and O–H groups in total. The summed E-state index contributed by atoms with van der Waals surface area (Å²) in [7, 11) is 0. The monoisotopic (exact) mass is 591 g/mol. The van der Waals surface area contributed by atoms with Crippen LogP contribution in [-0.2, 0) is 21.3 Å². The SMILES string of the molecule is C=CC(=O)N1CCCC(NC(=O)c2sc3c(N)ccc4c3c2C(N)C(=O)C4(N)c2ccc(Cl)c(C(F)(F)F)c2)C1. The summed E-state index contributed by atoms with van der Waals surface area (Å²) in [5.41, 5.74) is 16.7. The van der Waals surface area contributed by atoms with Crippen LogP contribution in [0.15, 0.2) is 43.0 Å². The normalized spacial score (nSPS) is 22.9. The number of nitrogens with two attached hydrogens (primary N) is 3. The lowest BCUT2D eigenvalue weighted by atomic mass is 9.70. The Morgan fingerprint density at radius 1 is 1.25 bits per heavy atom. The van der Waals surface area contributed by atoms with Gasteiger partial charge >= 0.3 is 6.18 Å². The predicted octanol–water partition coefficient (Wildman–Crippen LogP) is 3.85. The lowest BCUT2D eigenvalue weighted by molar-refractivity contribution is -0.137. The molecule has 3 aromatic rings. The van der Waals surface area contributed by atoms with Crippen molar-refractivity contribution in [2.45, 2.75) is 36.6 Å². The third kappa shape index (κ3) is 4.35. The van der Waals surface area contributed by atoms with Gasteiger partial charge in [-0.2, -0.15) is 13.2 Å². The molecule has 0 spiro atoms. The molecule has 0 bridgehead atoms. The summed E-state index contributed by atoms with van der Waals surface area (Å²) in [4.78, 5) is 41.2. The fraction of sp³-hybridized carbons (Fsp3) is 0.296. The highest BCUT2D eigenvalue weighted by molar-refractivity contribution is 7.21. The molecule has 3 atom stereocenters. The summed E-state index contributed by atoms with van der Waals surface area (Å²) in [6, 6.07) is 4.23. The number of piperidine rings is 1. The highest BCUT2D eigenvalue weighted by Gasteiger charge is 2.49. The molecule has 1 aliphatic heterocycles. The maximum Gasteiger partial charge on any atom is 0.417 e. The van der Waals surface area contributed by atoms with Crippen LogP contribution in [0.5, 0.6) is 0 Å². The number of anilines is 1. The summed E-state index contributed by atoms with van der Waals surface area (Å²) < 4.78 is 41.4. The van der Waals surface area contributed by atoms with Gasteiger partial charge in [-0.1, -0.05) is 30.3 Å². The Labute approximate surface area is 235 Å². The quantitative estimate of drug-likeness (QED) is 0.268. The zero-order valence-corrected chi connectivity index (χ0v) is 22.6. The van der Waals surface area contributed by atoms with E-state index in [1.54, 1.807) is 4.90 Å². The van der Waals surface area contributed by atoms with Crippen molar-refractivity contribution >= 4 is 56.3 Å². The maximum atomic E-state index is 13.8. The number of halogens is 4. The fourth-order valence-electron chi connectivity index (χ4n) is 5.51. The highest BCUT2D eigenvalue weighted by atomic mass is 35.5. The number of carbonyl (C=O) groups is 3. The number of likely N-dealkylation sites (tertiary alicyclic amines) is 1. The van der Waals surface area contributed by atoms with Crippen molar-refractivity contribution in [2.24, 2.45) is 11.5 Å². The van der Waals surface area contributed by atoms with E-state index in [-0.39, 0.29) is 33.5 Å². The molecule has 2 aliphatic rings. The number of nitrogens with zero attached hydrogens (tertiary/aromatic N) is 1. The van der Waals surface area contributed by atoms with E-state index in [0.29, 0.717) is 41.7 Å². The van der Waals surface area contributed by atoms with Gasteiger partial charge in [-0.15, -0.1) is 11.3 Å². The van der Waals surface area contributed by atoms with E-state index >= 15 is 0 Å². The Kier molecular flexibility index (Phi) is 6.94. The number of carbonyl (C=O) groups excluding carboxylic acids is 3. The number of amides is 2. The van der Waals surface area contributed by atoms with Gasteiger partial charge in [0.15, 0.2) is 5.78 Å². The smallest absolute Gasteiger partial charge is 0.398 e. The van der Waals surface area contributed by atoms with Gasteiger partial charge in [0.25, 0.3) is 5.91 Å². The number of hydrogen-bond donors (Lipinski definition) is 4. The molecule has 5 rings (SSSR count). The second kappa shape index (κ2) is 9.88. The van der Waals surface area contributed by atoms with Gasteiger partial charge in [-0.25, -0.2) is 0 Å². The third-order valence-electron chi connectivity index (χ3n) is 7.49. The summed E-state index contributed by atoms with van der Waals surface area (Å²) in [5.74, 6) is -1.52. The van der Waals surface area contributed by atoms with Crippen LogP contribution >= 0.6 is 22.9 Å². The predicted molar refractivity (Wildman–Crippen MR) is 147 cm³/mol. The largest absolute Gasteiger partial charge is 0.417 e. The van der Waals surface area contributed by atoms with Crippen molar-refractivity contribution in [3.8, 4) is 0 Å². The summed E-state index contributed by atoms with van der Waals surface area (Å²) in [6.45, 7) is 4.34. The van der Waals surface area contributed by atoms with Gasteiger partial charge in [0.2, 0.25) is 5.91 Å². The van der Waals surface area contributed by atoms with Crippen molar-refractivity contribution < 1.29 is 27.6 Å². The number of nitrogens with one attached hydrogen (secondary N) is 1. The molecular weight excluding hydrogens is 567 g/mol. The van der Waals surface area contributed by atoms with Crippen molar-refractivity contribution in [1.29, 1.82) is 0 Å². The Morgan fingerprint density at radius 3 is 2.65 bits per heavy atom. The summed E-state index contributed by atoms with van der Waals surface area (Å²) >= 11 is 6.84. The molecule has 8 nitrogen and oxygen atoms in total. The first-order valence-corrected chi connectivity index (χ1v) is 13.5. The van der Waals surface area contributed by atoms with Crippen molar-refractivity contribution in [1.82, 2.24) is 10.2 Å². The van der Waals surface area contributed by atoms with Gasteiger partial charge in [-0.3, -0.25) is 14.4 Å². The third-order valence-corrected chi connectivity index (χ3v) is 9.07. The number of benzene rings is 2. The van der Waals surface area contributed by atoms with Crippen LogP contribution in [0.3, 0.4) is 0 Å². The molecule has 40 heavy (non-hydrogen) atoms. The Hall–Kier alpha value is -3.45. The van der Waals surface area contributed by atoms with Crippen LogP contribution in [0.1, 0.15) is 50.8 Å². The van der Waals surface area contributed by atoms with Crippen LogP contribution in [0, 0.1) is 0 Å². The zero-order valence-electron chi connectivity index (χ0n) is 21.0. The molecule has 1 saturated heterocycles. The van der Waals surface area contributed by atoms with Gasteiger partial charge < -0.3 is 27.4 Å². The molecule has 210 valence electrons. The molecule has 1 aromatic heterocycles. The van der Waals surface area contributed by atoms with E-state index in [4.69, 9.17) is 28.8 Å². The molecule has 3 unspecified atom stereocenters. The van der Waals surface area contributed by atoms with Gasteiger partial charge in [0.05, 0.1) is 26.2 Å². The number of nitrogen functional groups attached to an aromatic ring is 1. The molecule has 1 fully saturated rings. The molecule has 0 saturated carbocycles. The van der Waals surface area contributed by atoms with Crippen LogP contribution < -0.4 is 22.5 Å². The molecular formula is C27H25ClF3N5O3S. The van der Waals surface area contributed by atoms with Crippen LogP contribution in [0.25, 0.3) is 10.1 Å². The van der Waals surface area contributed by atoms with E-state index in [1.807, 2.05) is 0 Å². The number of ketones is 1. The minimum Gasteiger partial charge on any atom is -0.398 e. The number of hydrogen-bond acceptors (Lipinski definition) is 7. The van der Waals surface area contributed by atoms with Gasteiger partial charge in [-0.05, 0) is 48.2 Å². The zero-order chi connectivity index (χ0) is 29.1. The molecule has 2 aromatic carbocycles. The molecule has 13 heteroatoms. The number of thiophene rings is 1. The second-order valence-corrected chi connectivity index (χ2v) is 11.3. The standard InChI is InChI=1S/C27H25ClF3N5O3S/c1-2-18(37)36-9-3-4-13(11-36)35-25(39)23-20-19-14(6-8-17(32)22(19)40-23)26(34,24(38)21(20)33)12-5-7-16(28)15(10-12)27(29,30)31/h2,5-8,10,13,21H,1,3-4,9,11,32-34H2,(H,35,39). The van der Waals surface area contributed by atoms with Gasteiger partial charge in [0.1, 0.15) is 5.54 Å². The molecule has 1 aliphatic carbocycles. The first-order chi connectivity index (χ1) is 18.8. The van der Waals surface area contributed by atoms with Crippen molar-refractivity contribution in [3.05, 3.63) is 75.1 Å². The number of Topliss-reactive ketones (excluding diaryl/α,β-unsaturated/α-hetero) is 1. The van der Waals surface area contributed by atoms with E-state index in [9.17, 15) is 27.6 Å². The van der Waals surface area contributed by atoms with Crippen LogP contribution in [0.4, 0.5) is 18.9 Å². The average Bonchev–Trinajstić information content (AvgIpc) is 3.32. The number of rotatable bonds is 4. The van der Waals surface area contributed by atoms with E-state index in [2.05, 4.69) is 11.9 Å². The fourth-order valence-corrected chi connectivity index (χ4v) is 6.94. The Balaban J connectivity index is 1.62. The minimum absolute atomic E-state index is 0.146. The number of alkyl halides is 3. The highest BCUT2D eigenvalue weighted by Crippen LogP contribution is 2.50. The van der Waals surface area contributed by atoms with Crippen molar-refractivity contribution in [3.63, 3.8) is 0 Å². The maximum absolute atomic E-state index is 13.8. The van der Waals surface area contributed by atoms with Crippen LogP contribution in [-0.4, -0.2) is 41.6 Å². The topological polar surface area (TPSA) is 145 Å². The molecule has 0 radical (unpaired) electrons. The van der Waals surface area contributed by atoms with E-state index in [0.717, 1.165) is 23.5 Å². The Bertz CT molecular complexity index is 1590. The average molecular weight is 592 g/mol. The minimum atomic E-state index is -4.79. The first-order valence-electron chi connectivity index (χ1n) is 12.3. The van der Waals surface area contributed by atoms with E-state index in [1.165, 1.54) is 24.3 Å². The van der Waals surface area contributed by atoms with Crippen LogP contribution in [0.2, 0.25) is 5.02 Å². The molecule has 2 amide bonds. The van der Waals surface area contributed by atoms with Gasteiger partial charge in [0, 0.05) is 35.8 Å².